The highest BCUT2D eigenvalue weighted by atomic mass is 16.5. The van der Waals surface area contributed by atoms with Gasteiger partial charge in [-0.3, -0.25) is 4.79 Å². The minimum absolute atomic E-state index is 0.0456. The molecule has 1 aliphatic heterocycles. The van der Waals surface area contributed by atoms with Crippen molar-refractivity contribution in [1.29, 1.82) is 0 Å². The number of rotatable bonds is 1. The summed E-state index contributed by atoms with van der Waals surface area (Å²) in [6.07, 6.45) is 1.13. The SMILES string of the molecule is CCc1ccc2c(c1O)OCCC2=O. The highest BCUT2D eigenvalue weighted by Gasteiger charge is 2.22. The van der Waals surface area contributed by atoms with E-state index in [9.17, 15) is 9.90 Å². The van der Waals surface area contributed by atoms with Gasteiger partial charge in [0.05, 0.1) is 12.2 Å². The fourth-order valence-corrected chi connectivity index (χ4v) is 1.64. The van der Waals surface area contributed by atoms with Gasteiger partial charge in [-0.25, -0.2) is 0 Å². The van der Waals surface area contributed by atoms with Crippen LogP contribution in [0.4, 0.5) is 0 Å². The summed E-state index contributed by atoms with van der Waals surface area (Å²) >= 11 is 0. The Kier molecular flexibility index (Phi) is 2.15. The maximum atomic E-state index is 11.4. The first-order valence-electron chi connectivity index (χ1n) is 4.75. The summed E-state index contributed by atoms with van der Waals surface area (Å²) in [5, 5.41) is 9.78. The van der Waals surface area contributed by atoms with E-state index in [1.807, 2.05) is 6.92 Å². The molecule has 3 nitrogen and oxygen atoms in total. The molecule has 74 valence electrons. The number of phenols is 1. The Morgan fingerprint density at radius 2 is 2.29 bits per heavy atom. The maximum absolute atomic E-state index is 11.4. The molecule has 14 heavy (non-hydrogen) atoms. The second-order valence-electron chi connectivity index (χ2n) is 3.33. The molecule has 0 radical (unpaired) electrons. The van der Waals surface area contributed by atoms with Gasteiger partial charge in [-0.2, -0.15) is 0 Å². The van der Waals surface area contributed by atoms with Crippen LogP contribution in [0.25, 0.3) is 0 Å². The number of hydrogen-bond donors (Lipinski definition) is 1. The monoisotopic (exact) mass is 192 g/mol. The molecule has 0 saturated heterocycles. The van der Waals surface area contributed by atoms with Crippen molar-refractivity contribution in [2.45, 2.75) is 19.8 Å². The van der Waals surface area contributed by atoms with E-state index in [1.54, 1.807) is 12.1 Å². The second kappa shape index (κ2) is 3.33. The molecule has 1 aliphatic rings. The van der Waals surface area contributed by atoms with E-state index in [0.717, 1.165) is 12.0 Å². The van der Waals surface area contributed by atoms with Crippen LogP contribution in [-0.4, -0.2) is 17.5 Å². The summed E-state index contributed by atoms with van der Waals surface area (Å²) in [4.78, 5) is 11.4. The normalized spacial score (nSPS) is 14.8. The number of ketones is 1. The van der Waals surface area contributed by atoms with E-state index in [4.69, 9.17) is 4.74 Å². The molecule has 2 rings (SSSR count). The first-order chi connectivity index (χ1) is 6.74. The van der Waals surface area contributed by atoms with Gasteiger partial charge in [-0.05, 0) is 18.1 Å². The van der Waals surface area contributed by atoms with Crippen molar-refractivity contribution in [2.24, 2.45) is 0 Å². The molecule has 0 spiro atoms. The molecule has 3 heteroatoms. The standard InChI is InChI=1S/C11H12O3/c1-2-7-3-4-8-9(12)5-6-14-11(8)10(7)13/h3-4,13H,2,5-6H2,1H3. The highest BCUT2D eigenvalue weighted by Crippen LogP contribution is 2.36. The number of aromatic hydroxyl groups is 1. The highest BCUT2D eigenvalue weighted by molar-refractivity contribution is 6.00. The Morgan fingerprint density at radius 3 is 3.00 bits per heavy atom. The van der Waals surface area contributed by atoms with Crippen LogP contribution in [0.5, 0.6) is 11.5 Å². The van der Waals surface area contributed by atoms with Crippen LogP contribution in [0.3, 0.4) is 0 Å². The van der Waals surface area contributed by atoms with E-state index in [0.29, 0.717) is 24.3 Å². The van der Waals surface area contributed by atoms with Crippen molar-refractivity contribution >= 4 is 5.78 Å². The van der Waals surface area contributed by atoms with Gasteiger partial charge in [0.25, 0.3) is 0 Å². The van der Waals surface area contributed by atoms with Crippen molar-refractivity contribution in [3.8, 4) is 11.5 Å². The molecule has 0 aliphatic carbocycles. The van der Waals surface area contributed by atoms with Crippen molar-refractivity contribution in [3.63, 3.8) is 0 Å². The van der Waals surface area contributed by atoms with Crippen LogP contribution >= 0.6 is 0 Å². The fraction of sp³-hybridized carbons (Fsp3) is 0.364. The lowest BCUT2D eigenvalue weighted by atomic mass is 10.0. The number of hydrogen-bond acceptors (Lipinski definition) is 3. The van der Waals surface area contributed by atoms with E-state index >= 15 is 0 Å². The van der Waals surface area contributed by atoms with Gasteiger partial charge in [0.15, 0.2) is 17.3 Å². The Bertz CT molecular complexity index is 382. The predicted octanol–water partition coefficient (Wildman–Crippen LogP) is 1.92. The summed E-state index contributed by atoms with van der Waals surface area (Å²) in [5.74, 6) is 0.530. The predicted molar refractivity (Wildman–Crippen MR) is 51.9 cm³/mol. The zero-order chi connectivity index (χ0) is 10.1. The number of ether oxygens (including phenoxy) is 1. The van der Waals surface area contributed by atoms with Crippen LogP contribution in [-0.2, 0) is 6.42 Å². The molecule has 1 aromatic carbocycles. The maximum Gasteiger partial charge on any atom is 0.171 e. The summed E-state index contributed by atoms with van der Waals surface area (Å²) in [6.45, 7) is 2.32. The van der Waals surface area contributed by atoms with E-state index in [-0.39, 0.29) is 11.5 Å². The van der Waals surface area contributed by atoms with Gasteiger partial charge in [0.1, 0.15) is 0 Å². The minimum atomic E-state index is 0.0456. The van der Waals surface area contributed by atoms with Crippen LogP contribution < -0.4 is 4.74 Å². The van der Waals surface area contributed by atoms with Gasteiger partial charge in [-0.15, -0.1) is 0 Å². The minimum Gasteiger partial charge on any atom is -0.504 e. The molecule has 0 bridgehead atoms. The van der Waals surface area contributed by atoms with Crippen molar-refractivity contribution < 1.29 is 14.6 Å². The summed E-state index contributed by atoms with van der Waals surface area (Å²) in [7, 11) is 0. The summed E-state index contributed by atoms with van der Waals surface area (Å²) in [5.41, 5.74) is 1.32. The summed E-state index contributed by atoms with van der Waals surface area (Å²) < 4.78 is 5.30. The van der Waals surface area contributed by atoms with Crippen LogP contribution in [0.15, 0.2) is 12.1 Å². The van der Waals surface area contributed by atoms with Crippen LogP contribution in [0.1, 0.15) is 29.3 Å². The van der Waals surface area contributed by atoms with E-state index < -0.39 is 0 Å². The molecule has 1 heterocycles. The van der Waals surface area contributed by atoms with Crippen molar-refractivity contribution in [1.82, 2.24) is 0 Å². The number of benzene rings is 1. The van der Waals surface area contributed by atoms with Gasteiger partial charge in [0, 0.05) is 6.42 Å². The molecule has 0 atom stereocenters. The average molecular weight is 192 g/mol. The van der Waals surface area contributed by atoms with E-state index in [1.165, 1.54) is 0 Å². The van der Waals surface area contributed by atoms with Gasteiger partial charge in [-0.1, -0.05) is 13.0 Å². The molecule has 0 amide bonds. The van der Waals surface area contributed by atoms with Gasteiger partial charge in [0.2, 0.25) is 0 Å². The molecule has 1 N–H and O–H groups in total. The Labute approximate surface area is 82.3 Å². The molecule has 1 aromatic rings. The first-order valence-corrected chi connectivity index (χ1v) is 4.75. The number of carbonyl (C=O) groups is 1. The Morgan fingerprint density at radius 1 is 1.50 bits per heavy atom. The zero-order valence-corrected chi connectivity index (χ0v) is 8.04. The smallest absolute Gasteiger partial charge is 0.171 e. The van der Waals surface area contributed by atoms with E-state index in [2.05, 4.69) is 0 Å². The zero-order valence-electron chi connectivity index (χ0n) is 8.04. The molecular weight excluding hydrogens is 180 g/mol. The number of phenolic OH excluding ortho intramolecular Hbond substituents is 1. The number of fused-ring (bicyclic) bond motifs is 1. The third-order valence-electron chi connectivity index (χ3n) is 2.47. The number of Topliss-reactive ketones (excluding diaryl/α,β-unsaturated/α-hetero) is 1. The first kappa shape index (κ1) is 9.06. The lowest BCUT2D eigenvalue weighted by molar-refractivity contribution is 0.0930. The molecular formula is C11H12O3. The van der Waals surface area contributed by atoms with Gasteiger partial charge >= 0.3 is 0 Å². The third kappa shape index (κ3) is 1.25. The van der Waals surface area contributed by atoms with Gasteiger partial charge < -0.3 is 9.84 Å². The van der Waals surface area contributed by atoms with Crippen LogP contribution in [0.2, 0.25) is 0 Å². The molecule has 0 unspecified atom stereocenters. The lowest BCUT2D eigenvalue weighted by Gasteiger charge is -2.18. The quantitative estimate of drug-likeness (QED) is 0.739. The largest absolute Gasteiger partial charge is 0.504 e. The fourth-order valence-electron chi connectivity index (χ4n) is 1.64. The second-order valence-corrected chi connectivity index (χ2v) is 3.33. The number of carbonyl (C=O) groups excluding carboxylic acids is 1. The number of aryl methyl sites for hydroxylation is 1. The average Bonchev–Trinajstić information content (AvgIpc) is 2.20. The Hall–Kier alpha value is -1.51. The molecule has 0 fully saturated rings. The Balaban J connectivity index is 2.57. The third-order valence-corrected chi connectivity index (χ3v) is 2.47. The van der Waals surface area contributed by atoms with Crippen molar-refractivity contribution in [3.05, 3.63) is 23.3 Å². The van der Waals surface area contributed by atoms with Crippen LogP contribution in [0, 0.1) is 0 Å². The molecule has 0 aromatic heterocycles. The molecule has 0 saturated carbocycles. The lowest BCUT2D eigenvalue weighted by Crippen LogP contribution is -2.15. The van der Waals surface area contributed by atoms with Crippen molar-refractivity contribution in [2.75, 3.05) is 6.61 Å². The summed E-state index contributed by atoms with van der Waals surface area (Å²) in [6, 6.07) is 3.51. The topological polar surface area (TPSA) is 46.5 Å².